The molecule has 0 unspecified atom stereocenters. The molecule has 3 nitrogen and oxygen atoms in total. The monoisotopic (exact) mass is 235 g/mol. The average molecular weight is 235 g/mol. The summed E-state index contributed by atoms with van der Waals surface area (Å²) in [6.07, 6.45) is 2.11. The molecule has 1 heterocycles. The van der Waals surface area contributed by atoms with Gasteiger partial charge in [0, 0.05) is 7.11 Å². The predicted octanol–water partition coefficient (Wildman–Crippen LogP) is 2.35. The van der Waals surface area contributed by atoms with Crippen LogP contribution in [0.25, 0.3) is 0 Å². The summed E-state index contributed by atoms with van der Waals surface area (Å²) in [7, 11) is 1.71. The molecule has 1 aliphatic heterocycles. The normalized spacial score (nSPS) is 18.9. The fourth-order valence-electron chi connectivity index (χ4n) is 2.21. The largest absolute Gasteiger partial charge is 0.487 e. The van der Waals surface area contributed by atoms with E-state index in [9.17, 15) is 0 Å². The summed E-state index contributed by atoms with van der Waals surface area (Å²) >= 11 is 0. The Hall–Kier alpha value is -1.06. The van der Waals surface area contributed by atoms with Crippen molar-refractivity contribution in [1.82, 2.24) is 5.32 Å². The number of methoxy groups -OCH3 is 1. The van der Waals surface area contributed by atoms with E-state index in [1.165, 1.54) is 0 Å². The maximum atomic E-state index is 6.13. The Morgan fingerprint density at radius 2 is 2.06 bits per heavy atom. The summed E-state index contributed by atoms with van der Waals surface area (Å²) in [6.45, 7) is 4.90. The van der Waals surface area contributed by atoms with Crippen molar-refractivity contribution >= 4 is 0 Å². The average Bonchev–Trinajstić information content (AvgIpc) is 2.30. The summed E-state index contributed by atoms with van der Waals surface area (Å²) in [5.41, 5.74) is 1.12. The van der Waals surface area contributed by atoms with Crippen LogP contribution in [0.4, 0.5) is 0 Å². The highest BCUT2D eigenvalue weighted by Gasteiger charge is 2.28. The minimum Gasteiger partial charge on any atom is -0.487 e. The Bertz CT molecular complexity index is 359. The van der Waals surface area contributed by atoms with Crippen molar-refractivity contribution in [3.63, 3.8) is 0 Å². The number of piperidine rings is 1. The van der Waals surface area contributed by atoms with Gasteiger partial charge in [-0.2, -0.15) is 0 Å². The molecule has 1 fully saturated rings. The fourth-order valence-corrected chi connectivity index (χ4v) is 2.21. The molecule has 0 saturated carbocycles. The van der Waals surface area contributed by atoms with Crippen molar-refractivity contribution < 1.29 is 9.47 Å². The molecule has 0 atom stereocenters. The second-order valence-corrected chi connectivity index (χ2v) is 4.88. The highest BCUT2D eigenvalue weighted by atomic mass is 16.5. The van der Waals surface area contributed by atoms with Gasteiger partial charge in [-0.1, -0.05) is 12.1 Å². The third-order valence-electron chi connectivity index (χ3n) is 3.23. The van der Waals surface area contributed by atoms with Gasteiger partial charge in [0.1, 0.15) is 11.4 Å². The Morgan fingerprint density at radius 1 is 1.29 bits per heavy atom. The van der Waals surface area contributed by atoms with Gasteiger partial charge in [-0.3, -0.25) is 0 Å². The Morgan fingerprint density at radius 3 is 2.76 bits per heavy atom. The van der Waals surface area contributed by atoms with Gasteiger partial charge in [0.2, 0.25) is 0 Å². The lowest BCUT2D eigenvalue weighted by Gasteiger charge is -2.34. The Balaban J connectivity index is 2.04. The van der Waals surface area contributed by atoms with Gasteiger partial charge in [-0.15, -0.1) is 0 Å². The van der Waals surface area contributed by atoms with Crippen LogP contribution >= 0.6 is 0 Å². The molecule has 94 valence electrons. The van der Waals surface area contributed by atoms with Gasteiger partial charge < -0.3 is 14.8 Å². The van der Waals surface area contributed by atoms with Gasteiger partial charge in [-0.05, 0) is 50.6 Å². The van der Waals surface area contributed by atoms with Crippen molar-refractivity contribution in [1.29, 1.82) is 0 Å². The van der Waals surface area contributed by atoms with Crippen LogP contribution in [0, 0.1) is 0 Å². The molecule has 1 N–H and O–H groups in total. The van der Waals surface area contributed by atoms with Crippen molar-refractivity contribution in [2.45, 2.75) is 32.0 Å². The van der Waals surface area contributed by atoms with Crippen molar-refractivity contribution in [3.8, 4) is 5.75 Å². The number of hydrogen-bond donors (Lipinski definition) is 1. The summed E-state index contributed by atoms with van der Waals surface area (Å²) in [5.74, 6) is 0.948. The van der Waals surface area contributed by atoms with E-state index in [2.05, 4.69) is 24.4 Å². The second-order valence-electron chi connectivity index (χ2n) is 4.88. The first-order chi connectivity index (χ1) is 8.22. The molecule has 3 heteroatoms. The minimum atomic E-state index is -0.0308. The van der Waals surface area contributed by atoms with Gasteiger partial charge in [0.15, 0.2) is 0 Å². The van der Waals surface area contributed by atoms with Crippen molar-refractivity contribution in [2.75, 3.05) is 20.2 Å². The highest BCUT2D eigenvalue weighted by molar-refractivity contribution is 5.28. The van der Waals surface area contributed by atoms with E-state index in [1.807, 2.05) is 12.1 Å². The third kappa shape index (κ3) is 3.45. The number of benzene rings is 1. The summed E-state index contributed by atoms with van der Waals surface area (Å²) in [4.78, 5) is 0. The number of hydrogen-bond acceptors (Lipinski definition) is 3. The number of ether oxygens (including phenoxy) is 2. The molecule has 0 radical (unpaired) electrons. The topological polar surface area (TPSA) is 30.5 Å². The van der Waals surface area contributed by atoms with Crippen LogP contribution in [-0.4, -0.2) is 25.8 Å². The standard InChI is InChI=1S/C14H21NO2/c1-14(6-8-15-9-7-14)17-13-5-3-4-12(10-13)11-16-2/h3-5,10,15H,6-9,11H2,1-2H3. The molecule has 0 amide bonds. The first-order valence-corrected chi connectivity index (χ1v) is 6.19. The summed E-state index contributed by atoms with van der Waals surface area (Å²) in [5, 5.41) is 3.36. The highest BCUT2D eigenvalue weighted by Crippen LogP contribution is 2.26. The predicted molar refractivity (Wildman–Crippen MR) is 68.3 cm³/mol. The van der Waals surface area contributed by atoms with E-state index in [0.29, 0.717) is 6.61 Å². The van der Waals surface area contributed by atoms with Crippen LogP contribution < -0.4 is 10.1 Å². The zero-order chi connectivity index (χ0) is 12.1. The number of nitrogens with one attached hydrogen (secondary N) is 1. The van der Waals surface area contributed by atoms with Gasteiger partial charge in [-0.25, -0.2) is 0 Å². The molecule has 17 heavy (non-hydrogen) atoms. The zero-order valence-corrected chi connectivity index (χ0v) is 10.7. The molecule has 2 rings (SSSR count). The Kier molecular flexibility index (Phi) is 4.02. The molecular weight excluding hydrogens is 214 g/mol. The van der Waals surface area contributed by atoms with Crippen LogP contribution in [0.5, 0.6) is 5.75 Å². The molecule has 1 aromatic rings. The lowest BCUT2D eigenvalue weighted by atomic mass is 9.94. The van der Waals surface area contributed by atoms with Crippen LogP contribution in [0.3, 0.4) is 0 Å². The van der Waals surface area contributed by atoms with Gasteiger partial charge in [0.05, 0.1) is 6.61 Å². The van der Waals surface area contributed by atoms with Crippen LogP contribution in [0.1, 0.15) is 25.3 Å². The third-order valence-corrected chi connectivity index (χ3v) is 3.23. The molecule has 1 aliphatic rings. The van der Waals surface area contributed by atoms with Gasteiger partial charge in [0.25, 0.3) is 0 Å². The molecule has 0 aromatic heterocycles. The quantitative estimate of drug-likeness (QED) is 0.869. The second kappa shape index (κ2) is 5.52. The van der Waals surface area contributed by atoms with E-state index < -0.39 is 0 Å². The van der Waals surface area contributed by atoms with E-state index in [-0.39, 0.29) is 5.60 Å². The minimum absolute atomic E-state index is 0.0308. The molecule has 0 spiro atoms. The van der Waals surface area contributed by atoms with Crippen molar-refractivity contribution in [2.24, 2.45) is 0 Å². The van der Waals surface area contributed by atoms with Crippen LogP contribution in [0.2, 0.25) is 0 Å². The fraction of sp³-hybridized carbons (Fsp3) is 0.571. The molecule has 0 aliphatic carbocycles. The SMILES string of the molecule is COCc1cccc(OC2(C)CCNCC2)c1. The summed E-state index contributed by atoms with van der Waals surface area (Å²) in [6, 6.07) is 8.17. The smallest absolute Gasteiger partial charge is 0.120 e. The first-order valence-electron chi connectivity index (χ1n) is 6.19. The Labute approximate surface area is 103 Å². The molecule has 0 bridgehead atoms. The molecule has 1 saturated heterocycles. The van der Waals surface area contributed by atoms with E-state index >= 15 is 0 Å². The first kappa shape index (κ1) is 12.4. The van der Waals surface area contributed by atoms with Crippen molar-refractivity contribution in [3.05, 3.63) is 29.8 Å². The zero-order valence-electron chi connectivity index (χ0n) is 10.7. The van der Waals surface area contributed by atoms with E-state index in [1.54, 1.807) is 7.11 Å². The van der Waals surface area contributed by atoms with E-state index in [0.717, 1.165) is 37.2 Å². The lowest BCUT2D eigenvalue weighted by molar-refractivity contribution is 0.0553. The van der Waals surface area contributed by atoms with Crippen LogP contribution in [-0.2, 0) is 11.3 Å². The maximum absolute atomic E-state index is 6.13. The van der Waals surface area contributed by atoms with E-state index in [4.69, 9.17) is 9.47 Å². The lowest BCUT2D eigenvalue weighted by Crippen LogP contribution is -2.43. The molecular formula is C14H21NO2. The van der Waals surface area contributed by atoms with Gasteiger partial charge >= 0.3 is 0 Å². The maximum Gasteiger partial charge on any atom is 0.120 e. The molecule has 1 aromatic carbocycles. The van der Waals surface area contributed by atoms with Crippen LogP contribution in [0.15, 0.2) is 24.3 Å². The number of rotatable bonds is 4. The summed E-state index contributed by atoms with van der Waals surface area (Å²) < 4.78 is 11.3.